The molecule has 1 aliphatic heterocycles. The Kier molecular flexibility index (Phi) is 5.75. The summed E-state index contributed by atoms with van der Waals surface area (Å²) >= 11 is 0. The molecule has 1 aliphatic rings. The lowest BCUT2D eigenvalue weighted by atomic mass is 10.1. The van der Waals surface area contributed by atoms with Gasteiger partial charge in [0.1, 0.15) is 6.54 Å². The van der Waals surface area contributed by atoms with E-state index in [-0.39, 0.29) is 24.5 Å². The third-order valence-electron chi connectivity index (χ3n) is 4.21. The first-order valence-electron chi connectivity index (χ1n) is 8.55. The Morgan fingerprint density at radius 1 is 1.31 bits per heavy atom. The van der Waals surface area contributed by atoms with Gasteiger partial charge in [-0.1, -0.05) is 6.07 Å². The minimum absolute atomic E-state index is 0.0646. The maximum atomic E-state index is 13.1. The molecule has 0 aliphatic carbocycles. The van der Waals surface area contributed by atoms with E-state index in [1.807, 2.05) is 0 Å². The van der Waals surface area contributed by atoms with Gasteiger partial charge in [-0.3, -0.25) is 20.0 Å². The van der Waals surface area contributed by atoms with Gasteiger partial charge in [0.25, 0.3) is 0 Å². The number of carbonyl (C=O) groups excluding carboxylic acids is 2. The first kappa shape index (κ1) is 20.6. The lowest BCUT2D eigenvalue weighted by Crippen LogP contribution is -2.30. The van der Waals surface area contributed by atoms with Gasteiger partial charge in [0.15, 0.2) is 17.4 Å². The third kappa shape index (κ3) is 5.03. The number of carbonyl (C=O) groups is 2. The van der Waals surface area contributed by atoms with Crippen LogP contribution in [0.3, 0.4) is 0 Å². The summed E-state index contributed by atoms with van der Waals surface area (Å²) in [4.78, 5) is 32.1. The van der Waals surface area contributed by atoms with Crippen LogP contribution in [0.4, 0.5) is 15.0 Å². The lowest BCUT2D eigenvalue weighted by Gasteiger charge is -2.15. The fourth-order valence-electron chi connectivity index (χ4n) is 2.68. The highest BCUT2D eigenvalue weighted by molar-refractivity contribution is 7.89. The van der Waals surface area contributed by atoms with Crippen LogP contribution < -0.4 is 14.9 Å². The first-order valence-corrected chi connectivity index (χ1v) is 10.2. The third-order valence-corrected chi connectivity index (χ3v) is 5.67. The number of halogens is 1. The Labute approximate surface area is 165 Å². The van der Waals surface area contributed by atoms with Gasteiger partial charge in [-0.05, 0) is 24.6 Å². The number of hydrogen-bond acceptors (Lipinski definition) is 7. The van der Waals surface area contributed by atoms with Gasteiger partial charge in [0.2, 0.25) is 15.9 Å². The highest BCUT2D eigenvalue weighted by Crippen LogP contribution is 2.22. The second kappa shape index (κ2) is 8.09. The van der Waals surface area contributed by atoms with Crippen molar-refractivity contribution >= 4 is 27.8 Å². The predicted molar refractivity (Wildman–Crippen MR) is 100 cm³/mol. The number of nitrogens with one attached hydrogen (secondary N) is 2. The number of aryl methyl sites for hydroxylation is 1. The number of aromatic hydroxyl groups is 1. The van der Waals surface area contributed by atoms with E-state index < -0.39 is 39.6 Å². The molecule has 3 rings (SSSR count). The van der Waals surface area contributed by atoms with Gasteiger partial charge in [0.05, 0.1) is 23.8 Å². The molecule has 12 heteroatoms. The van der Waals surface area contributed by atoms with Crippen molar-refractivity contribution in [2.45, 2.75) is 19.4 Å². The summed E-state index contributed by atoms with van der Waals surface area (Å²) in [5.74, 6) is -1.88. The molecule has 2 aromatic rings. The molecule has 3 N–H and O–H groups in total. The molecule has 0 saturated carbocycles. The summed E-state index contributed by atoms with van der Waals surface area (Å²) in [5.41, 5.74) is 0.798. The molecule has 2 heterocycles. The number of imide groups is 1. The average Bonchev–Trinajstić information content (AvgIpc) is 3.00. The summed E-state index contributed by atoms with van der Waals surface area (Å²) < 4.78 is 40.2. The topological polar surface area (TPSA) is 142 Å². The van der Waals surface area contributed by atoms with Gasteiger partial charge < -0.3 is 5.11 Å². The van der Waals surface area contributed by atoms with Gasteiger partial charge in [-0.25, -0.2) is 27.3 Å². The average molecular weight is 423 g/mol. The van der Waals surface area contributed by atoms with Crippen molar-refractivity contribution in [3.63, 3.8) is 0 Å². The van der Waals surface area contributed by atoms with Crippen molar-refractivity contribution in [1.29, 1.82) is 0 Å². The summed E-state index contributed by atoms with van der Waals surface area (Å²) in [6, 6.07) is 2.33. The molecule has 1 saturated heterocycles. The van der Waals surface area contributed by atoms with Gasteiger partial charge in [0, 0.05) is 12.5 Å². The number of hydrogen-bond donors (Lipinski definition) is 3. The van der Waals surface area contributed by atoms with Crippen LogP contribution >= 0.6 is 0 Å². The molecule has 1 aromatic carbocycles. The van der Waals surface area contributed by atoms with E-state index in [1.165, 1.54) is 18.5 Å². The second-order valence-electron chi connectivity index (χ2n) is 6.42. The molecular formula is C17H18FN5O5S. The number of phenols is 1. The number of sulfonamides is 1. The molecule has 3 amide bonds. The van der Waals surface area contributed by atoms with E-state index in [9.17, 15) is 27.5 Å². The molecule has 1 fully saturated rings. The smallest absolute Gasteiger partial charge is 0.330 e. The number of amides is 3. The quantitative estimate of drug-likeness (QED) is 0.554. The van der Waals surface area contributed by atoms with Crippen LogP contribution in [0.2, 0.25) is 0 Å². The van der Waals surface area contributed by atoms with Gasteiger partial charge in [-0.15, -0.1) is 0 Å². The zero-order chi connectivity index (χ0) is 21.2. The van der Waals surface area contributed by atoms with Crippen molar-refractivity contribution in [1.82, 2.24) is 20.0 Å². The first-order chi connectivity index (χ1) is 13.6. The Bertz CT molecular complexity index is 1040. The minimum Gasteiger partial charge on any atom is -0.505 e. The van der Waals surface area contributed by atoms with Crippen molar-refractivity contribution in [2.24, 2.45) is 0 Å². The highest BCUT2D eigenvalue weighted by Gasteiger charge is 2.29. The number of aromatic nitrogens is 2. The summed E-state index contributed by atoms with van der Waals surface area (Å²) in [7, 11) is -3.70. The van der Waals surface area contributed by atoms with Crippen LogP contribution in [-0.4, -0.2) is 47.7 Å². The van der Waals surface area contributed by atoms with Crippen LogP contribution in [0.1, 0.15) is 24.2 Å². The van der Waals surface area contributed by atoms with E-state index in [1.54, 1.807) is 6.92 Å². The lowest BCUT2D eigenvalue weighted by molar-refractivity contribution is -0.117. The summed E-state index contributed by atoms with van der Waals surface area (Å²) in [6.45, 7) is 1.42. The molecule has 0 bridgehead atoms. The maximum Gasteiger partial charge on any atom is 0.330 e. The minimum atomic E-state index is -3.70. The summed E-state index contributed by atoms with van der Waals surface area (Å²) in [5, 5.41) is 11.5. The van der Waals surface area contributed by atoms with Crippen LogP contribution in [0.25, 0.3) is 0 Å². The van der Waals surface area contributed by atoms with Crippen molar-refractivity contribution < 1.29 is 27.5 Å². The van der Waals surface area contributed by atoms with Crippen LogP contribution in [0, 0.1) is 5.82 Å². The van der Waals surface area contributed by atoms with Crippen LogP contribution in [-0.2, 0) is 21.2 Å². The number of urea groups is 1. The molecule has 0 spiro atoms. The Morgan fingerprint density at radius 2 is 2.07 bits per heavy atom. The van der Waals surface area contributed by atoms with Crippen molar-refractivity contribution in [2.75, 3.05) is 17.2 Å². The van der Waals surface area contributed by atoms with E-state index in [0.717, 1.165) is 17.0 Å². The molecule has 154 valence electrons. The molecular weight excluding hydrogens is 405 g/mol. The Balaban J connectivity index is 1.59. The fourth-order valence-corrected chi connectivity index (χ4v) is 3.95. The zero-order valence-electron chi connectivity index (χ0n) is 15.3. The van der Waals surface area contributed by atoms with E-state index in [0.29, 0.717) is 11.3 Å². The number of anilines is 1. The summed E-state index contributed by atoms with van der Waals surface area (Å²) in [6.07, 6.45) is 2.69. The van der Waals surface area contributed by atoms with Gasteiger partial charge in [-0.2, -0.15) is 0 Å². The van der Waals surface area contributed by atoms with Crippen LogP contribution in [0.15, 0.2) is 30.6 Å². The largest absolute Gasteiger partial charge is 0.505 e. The van der Waals surface area contributed by atoms with E-state index >= 15 is 0 Å². The molecule has 10 nitrogen and oxygen atoms in total. The highest BCUT2D eigenvalue weighted by atomic mass is 32.2. The Hall–Kier alpha value is -3.12. The normalized spacial score (nSPS) is 15.4. The standard InChI is InChI=1S/C17H18FN5O5S/c1-10(11-2-3-13(18)14(24)6-11)22-29(27,28)5-4-12-7-20-15(8-19-12)23-9-16(25)21-17(23)26/h2-3,6-8,10,22,24H,4-5,9H2,1H3,(H,21,25,26)/t10-/m1/s1. The number of nitrogens with zero attached hydrogens (tertiary/aromatic N) is 3. The zero-order valence-corrected chi connectivity index (χ0v) is 16.1. The van der Waals surface area contributed by atoms with Crippen molar-refractivity contribution in [3.05, 3.63) is 47.7 Å². The number of rotatable bonds is 7. The SMILES string of the molecule is C[C@@H](NS(=O)(=O)CCc1cnc(N2CC(=O)NC2=O)cn1)c1ccc(F)c(O)c1. The molecule has 29 heavy (non-hydrogen) atoms. The molecule has 1 atom stereocenters. The van der Waals surface area contributed by atoms with Crippen molar-refractivity contribution in [3.8, 4) is 5.75 Å². The van der Waals surface area contributed by atoms with E-state index in [2.05, 4.69) is 20.0 Å². The maximum absolute atomic E-state index is 13.1. The predicted octanol–water partition coefficient (Wildman–Crippen LogP) is 0.601. The second-order valence-corrected chi connectivity index (χ2v) is 8.30. The van der Waals surface area contributed by atoms with E-state index in [4.69, 9.17) is 0 Å². The molecule has 1 aromatic heterocycles. The van der Waals surface area contributed by atoms with Gasteiger partial charge >= 0.3 is 6.03 Å². The fraction of sp³-hybridized carbons (Fsp3) is 0.294. The molecule has 0 unspecified atom stereocenters. The Morgan fingerprint density at radius 3 is 2.66 bits per heavy atom. The molecule has 0 radical (unpaired) electrons. The van der Waals surface area contributed by atoms with Crippen LogP contribution in [0.5, 0.6) is 5.75 Å². The number of benzene rings is 1. The number of phenolic OH excluding ortho intramolecular Hbond substituents is 1. The monoisotopic (exact) mass is 423 g/mol.